The smallest absolute Gasteiger partial charge is 0.343 e. The van der Waals surface area contributed by atoms with Crippen LogP contribution in [0.5, 0.6) is 190 Å². The van der Waals surface area contributed by atoms with E-state index in [9.17, 15) is 180 Å². The van der Waals surface area contributed by atoms with E-state index in [1.807, 2.05) is 0 Å². The number of phenolic OH excluding ortho intramolecular Hbond substituents is 28. The second kappa shape index (κ2) is 39.7. The Morgan fingerprint density at radius 1 is 0.221 bits per heavy atom. The fraction of sp³-hybridized carbons (Fsp3) is 0.0833. The van der Waals surface area contributed by atoms with E-state index in [1.165, 1.54) is 0 Å². The van der Waals surface area contributed by atoms with Crippen LogP contribution in [0.4, 0.5) is 0 Å². The molecule has 5 unspecified atom stereocenters. The highest BCUT2D eigenvalue weighted by atomic mass is 16.7. The van der Waals surface area contributed by atoms with E-state index < -0.39 is 348 Å². The van der Waals surface area contributed by atoms with Gasteiger partial charge in [0.1, 0.15) is 18.8 Å². The molecular formula is C84H62O52. The maximum absolute atomic E-state index is 14.5. The fourth-order valence-corrected chi connectivity index (χ4v) is 11.5. The highest BCUT2D eigenvalue weighted by molar-refractivity contribution is 6.00. The van der Waals surface area contributed by atoms with E-state index >= 15 is 0 Å². The number of aromatic carboxylic acids is 2. The Labute approximate surface area is 749 Å². The van der Waals surface area contributed by atoms with Crippen molar-refractivity contribution in [3.63, 3.8) is 0 Å². The summed E-state index contributed by atoms with van der Waals surface area (Å²) in [5, 5.41) is 296. The predicted octanol–water partition coefficient (Wildman–Crippen LogP) is 5.51. The van der Waals surface area contributed by atoms with Gasteiger partial charge in [-0.3, -0.25) is 0 Å². The Bertz CT molecular complexity index is 6610. The van der Waals surface area contributed by atoms with Gasteiger partial charge in [-0.2, -0.15) is 0 Å². The van der Waals surface area contributed by atoms with Crippen molar-refractivity contribution in [2.75, 3.05) is 13.7 Å². The number of carboxylic acids is 2. The minimum atomic E-state index is -2.65. The lowest BCUT2D eigenvalue weighted by Gasteiger charge is -2.43. The summed E-state index contributed by atoms with van der Waals surface area (Å²) in [6, 6.07) is 13.6. The van der Waals surface area contributed by atoms with Crippen LogP contribution in [0.25, 0.3) is 0 Å². The minimum Gasteiger partial charge on any atom is -0.504 e. The van der Waals surface area contributed by atoms with Crippen molar-refractivity contribution >= 4 is 65.7 Å². The maximum Gasteiger partial charge on any atom is 0.343 e. The third-order valence-electron chi connectivity index (χ3n) is 18.3. The maximum atomic E-state index is 14.5. The van der Waals surface area contributed by atoms with Crippen LogP contribution in [-0.2, 0) is 28.4 Å². The molecule has 1 heterocycles. The molecule has 1 saturated heterocycles. The highest BCUT2D eigenvalue weighted by Gasteiger charge is 2.54. The second-order valence-corrected chi connectivity index (χ2v) is 27.4. The first-order valence-corrected chi connectivity index (χ1v) is 36.6. The van der Waals surface area contributed by atoms with Gasteiger partial charge in [0.05, 0.1) is 61.2 Å². The summed E-state index contributed by atoms with van der Waals surface area (Å²) in [5.41, 5.74) is -7.63. The number of ether oxygens (including phenoxy) is 11. The van der Waals surface area contributed by atoms with Gasteiger partial charge in [-0.1, -0.05) is 0 Å². The SMILES string of the molecule is COC1C(OC(=O)c2cc(O)c(O)c(OC(=O)c3cc(O)c(O)c(O)c3)c2)C(COC(=O)c2cc(O)c(O)c(OC(=O)c3cc(O)c(O)c(O)c3)c2)OC(OC(=O)c2cc(O)c(O)c(OC(=O)c3cc(O)c(O)c(O)c3)c2)C1OC(=O)c1cc(O)c(O)c(OC(=O)c2cc(O)c(O)c(O)c2)c1.O=C(O)c1cc(O)c(O)c(O)c1.O=C(O)c1cc(O)c(O)c(OC(=O)c2cc(O)c(O)c(O)c2)c1. The molecule has 1 aliphatic rings. The molecule has 0 amide bonds. The van der Waals surface area contributed by atoms with E-state index in [4.69, 9.17) is 77.6 Å². The summed E-state index contributed by atoms with van der Waals surface area (Å²) in [4.78, 5) is 144. The van der Waals surface area contributed by atoms with Crippen LogP contribution in [0.3, 0.4) is 0 Å². The number of hydrogen-bond acceptors (Lipinski definition) is 50. The van der Waals surface area contributed by atoms with E-state index in [0.29, 0.717) is 97.1 Å². The molecule has 710 valence electrons. The summed E-state index contributed by atoms with van der Waals surface area (Å²) in [5.74, 6) is -50.8. The number of rotatable bonds is 22. The van der Waals surface area contributed by atoms with Gasteiger partial charge < -0.3 is 205 Å². The zero-order valence-electron chi connectivity index (χ0n) is 67.2. The first-order valence-electron chi connectivity index (χ1n) is 36.6. The molecule has 0 aromatic heterocycles. The topological polar surface area (TPSA) is 896 Å². The van der Waals surface area contributed by atoms with Crippen LogP contribution in [0, 0.1) is 0 Å². The normalized spacial score (nSPS) is 14.1. The number of carboxylic acid groups (broad SMARTS) is 2. The molecule has 11 aromatic carbocycles. The number of aromatic hydroxyl groups is 28. The minimum absolute atomic E-state index is 0.289. The molecule has 0 radical (unpaired) electrons. The summed E-state index contributed by atoms with van der Waals surface area (Å²) in [6.45, 7) is -1.37. The van der Waals surface area contributed by atoms with Crippen LogP contribution < -0.4 is 23.7 Å². The lowest BCUT2D eigenvalue weighted by Crippen LogP contribution is -2.62. The number of carbonyl (C=O) groups is 11. The molecule has 0 saturated carbocycles. The molecule has 52 nitrogen and oxygen atoms in total. The van der Waals surface area contributed by atoms with Gasteiger partial charge in [-0.05, 0) is 133 Å². The number of phenols is 28. The first-order chi connectivity index (χ1) is 63.7. The average Bonchev–Trinajstić information content (AvgIpc) is 0.771. The molecule has 0 bridgehead atoms. The molecule has 11 aromatic rings. The Hall–Kier alpha value is -20.1. The molecule has 1 aliphatic heterocycles. The van der Waals surface area contributed by atoms with Crippen LogP contribution in [0.15, 0.2) is 133 Å². The van der Waals surface area contributed by atoms with Crippen molar-refractivity contribution in [1.82, 2.24) is 0 Å². The van der Waals surface area contributed by atoms with Crippen LogP contribution in [0.2, 0.25) is 0 Å². The second-order valence-electron chi connectivity index (χ2n) is 27.4. The monoisotopic (exact) mass is 1900 g/mol. The molecule has 12 rings (SSSR count). The molecule has 5 atom stereocenters. The summed E-state index contributed by atoms with van der Waals surface area (Å²) in [7, 11) is 0.778. The van der Waals surface area contributed by atoms with Gasteiger partial charge in [0.2, 0.25) is 35.0 Å². The van der Waals surface area contributed by atoms with Crippen molar-refractivity contribution in [2.24, 2.45) is 0 Å². The van der Waals surface area contributed by atoms with Crippen molar-refractivity contribution < 1.29 is 258 Å². The summed E-state index contributed by atoms with van der Waals surface area (Å²) >= 11 is 0. The zero-order valence-corrected chi connectivity index (χ0v) is 67.2. The Morgan fingerprint density at radius 3 is 0.618 bits per heavy atom. The molecule has 1 fully saturated rings. The molecule has 30 N–H and O–H groups in total. The van der Waals surface area contributed by atoms with Gasteiger partial charge in [0, 0.05) is 7.11 Å². The molecule has 0 aliphatic carbocycles. The van der Waals surface area contributed by atoms with Crippen molar-refractivity contribution in [2.45, 2.75) is 30.7 Å². The molecule has 136 heavy (non-hydrogen) atoms. The summed E-state index contributed by atoms with van der Waals surface area (Å²) in [6.07, 6.45) is -12.1. The van der Waals surface area contributed by atoms with Crippen molar-refractivity contribution in [3.8, 4) is 190 Å². The predicted molar refractivity (Wildman–Crippen MR) is 430 cm³/mol. The van der Waals surface area contributed by atoms with E-state index in [-0.39, 0.29) is 5.56 Å². The Kier molecular flexibility index (Phi) is 28.6. The van der Waals surface area contributed by atoms with Crippen LogP contribution in [0.1, 0.15) is 114 Å². The average molecular weight is 1900 g/mol. The molecular weight excluding hydrogens is 1840 g/mol. The lowest BCUT2D eigenvalue weighted by molar-refractivity contribution is -0.287. The third kappa shape index (κ3) is 21.7. The van der Waals surface area contributed by atoms with Crippen LogP contribution in [-0.4, -0.2) is 263 Å². The largest absolute Gasteiger partial charge is 0.504 e. The number of esters is 9. The van der Waals surface area contributed by atoms with Gasteiger partial charge in [0.25, 0.3) is 0 Å². The summed E-state index contributed by atoms with van der Waals surface area (Å²) < 4.78 is 59.4. The van der Waals surface area contributed by atoms with Gasteiger partial charge in [-0.25, -0.2) is 52.7 Å². The number of carbonyl (C=O) groups excluding carboxylic acids is 9. The van der Waals surface area contributed by atoms with Crippen molar-refractivity contribution in [3.05, 3.63) is 195 Å². The quantitative estimate of drug-likeness (QED) is 0.0172. The molecule has 52 heteroatoms. The fourth-order valence-electron chi connectivity index (χ4n) is 11.5. The van der Waals surface area contributed by atoms with Crippen molar-refractivity contribution in [1.29, 1.82) is 0 Å². The third-order valence-corrected chi connectivity index (χ3v) is 18.3. The lowest BCUT2D eigenvalue weighted by atomic mass is 9.97. The highest BCUT2D eigenvalue weighted by Crippen LogP contribution is 2.48. The number of methoxy groups -OCH3 is 1. The number of benzene rings is 11. The zero-order chi connectivity index (χ0) is 101. The standard InChI is InChI=1S/C63H46O38.C14H10O9.C7H6O5/c1-92-53-52(99-60(89)24-11-36(73)49(81)40(15-24)95-57(86)20-4-29(66)45(77)30(67)5-20)43(18-93-55(84)23-10-35(72)48(80)39(14-23)94-56(85)19-2-27(64)44(76)28(65)3-19)98-63(101-62(91)26-13-38(75)51(83)42(17-26)97-59(88)22-8-33(70)47(79)34(71)9-22)54(53)100-61(90)25-12-37(74)50(82)41(16-25)96-58(87)21-6-31(68)46(78)32(69)7-21;15-7-2-6(3-8(16)11(7)18)14(22)23-10-4-5(13(20)21)1-9(17)12(10)19;8-4-1-3(7(11)12)2-5(9)6(4)10/h2-17,43,52-54,63-83H,18H2,1H3;1-4,15-19H,(H,20,21);1-2,8-10H,(H,11,12). The van der Waals surface area contributed by atoms with Crippen LogP contribution >= 0.6 is 0 Å². The van der Waals surface area contributed by atoms with E-state index in [0.717, 1.165) is 43.5 Å². The first kappa shape index (κ1) is 98.1. The van der Waals surface area contributed by atoms with Gasteiger partial charge in [-0.15, -0.1) is 0 Å². The van der Waals surface area contributed by atoms with Gasteiger partial charge >= 0.3 is 65.7 Å². The van der Waals surface area contributed by atoms with Gasteiger partial charge in [0.15, 0.2) is 173 Å². The Balaban J connectivity index is 0.000000451. The van der Waals surface area contributed by atoms with E-state index in [1.54, 1.807) is 0 Å². The Morgan fingerprint density at radius 2 is 0.397 bits per heavy atom. The molecule has 0 spiro atoms. The number of hydrogen-bond donors (Lipinski definition) is 30. The van der Waals surface area contributed by atoms with E-state index in [2.05, 4.69) is 0 Å².